The van der Waals surface area contributed by atoms with Gasteiger partial charge in [-0.1, -0.05) is 36.4 Å². The lowest BCUT2D eigenvalue weighted by molar-refractivity contribution is -0.245. The fourth-order valence-corrected chi connectivity index (χ4v) is 6.31. The first kappa shape index (κ1) is 23.3. The van der Waals surface area contributed by atoms with Crippen LogP contribution in [0.1, 0.15) is 108 Å². The molecule has 3 nitrogen and oxygen atoms in total. The van der Waals surface area contributed by atoms with Gasteiger partial charge in [0.15, 0.2) is 0 Å². The van der Waals surface area contributed by atoms with Crippen LogP contribution in [0, 0.1) is 0 Å². The van der Waals surface area contributed by atoms with Gasteiger partial charge >= 0.3 is 0 Å². The molecule has 1 aliphatic carbocycles. The fraction of sp³-hybridized carbons (Fsp3) is 0.586. The van der Waals surface area contributed by atoms with Crippen molar-refractivity contribution >= 4 is 0 Å². The highest BCUT2D eigenvalue weighted by Gasteiger charge is 2.45. The Morgan fingerprint density at radius 3 is 1.50 bits per heavy atom. The van der Waals surface area contributed by atoms with Crippen molar-refractivity contribution in [2.75, 3.05) is 6.61 Å². The molecule has 0 atom stereocenters. The second kappa shape index (κ2) is 9.19. The molecule has 2 fully saturated rings. The topological polar surface area (TPSA) is 32.7 Å². The molecule has 4 rings (SSSR count). The highest BCUT2D eigenvalue weighted by atomic mass is 16.5. The Hall–Kier alpha value is -1.84. The minimum absolute atomic E-state index is 0.204. The lowest BCUT2D eigenvalue weighted by Gasteiger charge is -2.51. The van der Waals surface area contributed by atoms with Crippen LogP contribution in [0.15, 0.2) is 48.5 Å². The molecule has 0 aromatic heterocycles. The number of hydrogen-bond acceptors (Lipinski definition) is 3. The summed E-state index contributed by atoms with van der Waals surface area (Å²) in [6.45, 7) is 11.4. The summed E-state index contributed by atoms with van der Waals surface area (Å²) < 4.78 is 5.59. The zero-order valence-electron chi connectivity index (χ0n) is 20.6. The molecule has 0 amide bonds. The predicted molar refractivity (Wildman–Crippen MR) is 132 cm³/mol. The summed E-state index contributed by atoms with van der Waals surface area (Å²) in [5.41, 5.74) is 3.97. The third-order valence-corrected chi connectivity index (χ3v) is 7.91. The molecular formula is C29H41NO2. The maximum atomic E-state index is 10.6. The molecular weight excluding hydrogens is 394 g/mol. The van der Waals surface area contributed by atoms with Crippen molar-refractivity contribution in [2.24, 2.45) is 0 Å². The molecule has 0 radical (unpaired) electrons. The number of benzene rings is 2. The van der Waals surface area contributed by atoms with Gasteiger partial charge in [0.1, 0.15) is 5.75 Å². The molecule has 174 valence electrons. The number of piperidine rings is 1. The minimum Gasteiger partial charge on any atom is -0.494 e. The summed E-state index contributed by atoms with van der Waals surface area (Å²) in [6.07, 6.45) is 7.02. The molecule has 3 heteroatoms. The van der Waals surface area contributed by atoms with Gasteiger partial charge in [-0.05, 0) is 120 Å². The van der Waals surface area contributed by atoms with Crippen LogP contribution in [0.4, 0.5) is 0 Å². The van der Waals surface area contributed by atoms with E-state index >= 15 is 0 Å². The Kier molecular flexibility index (Phi) is 6.70. The Labute approximate surface area is 194 Å². The van der Waals surface area contributed by atoms with Gasteiger partial charge in [-0.25, -0.2) is 0 Å². The third kappa shape index (κ3) is 4.89. The van der Waals surface area contributed by atoms with Gasteiger partial charge in [-0.3, -0.25) is 0 Å². The molecule has 32 heavy (non-hydrogen) atoms. The minimum atomic E-state index is -0.204. The van der Waals surface area contributed by atoms with Crippen molar-refractivity contribution in [1.82, 2.24) is 5.06 Å². The first-order valence-electron chi connectivity index (χ1n) is 12.5. The SMILES string of the molecule is CCOc1ccc(C2CCC(c3ccc(C4CC(C)(C)N(O)C(C)(C)C4)cc3)CC2)cc1. The second-order valence-electron chi connectivity index (χ2n) is 11.3. The van der Waals surface area contributed by atoms with E-state index in [0.29, 0.717) is 17.8 Å². The number of ether oxygens (including phenoxy) is 1. The maximum Gasteiger partial charge on any atom is 0.119 e. The standard InChI is InChI=1S/C29H41NO2/c1-6-32-27-17-15-24(16-18-27)23-9-7-21(8-10-23)22-11-13-25(14-12-22)26-19-28(2,3)30(31)29(4,5)20-26/h11-18,21,23,26,31H,6-10,19-20H2,1-5H3. The Morgan fingerprint density at radius 2 is 1.09 bits per heavy atom. The molecule has 0 spiro atoms. The van der Waals surface area contributed by atoms with Crippen LogP contribution in [-0.4, -0.2) is 28.0 Å². The summed E-state index contributed by atoms with van der Waals surface area (Å²) in [5.74, 6) is 2.82. The molecule has 1 N–H and O–H groups in total. The Morgan fingerprint density at radius 1 is 0.719 bits per heavy atom. The molecule has 2 aromatic rings. The van der Waals surface area contributed by atoms with Crippen LogP contribution < -0.4 is 4.74 Å². The largest absolute Gasteiger partial charge is 0.494 e. The van der Waals surface area contributed by atoms with E-state index in [2.05, 4.69) is 76.2 Å². The van der Waals surface area contributed by atoms with Crippen LogP contribution in [0.25, 0.3) is 0 Å². The van der Waals surface area contributed by atoms with Gasteiger partial charge < -0.3 is 9.94 Å². The monoisotopic (exact) mass is 435 g/mol. The summed E-state index contributed by atoms with van der Waals surface area (Å²) in [7, 11) is 0. The van der Waals surface area contributed by atoms with Crippen LogP contribution >= 0.6 is 0 Å². The van der Waals surface area contributed by atoms with Crippen molar-refractivity contribution in [3.63, 3.8) is 0 Å². The Balaban J connectivity index is 1.37. The molecule has 0 unspecified atom stereocenters. The molecule has 1 saturated heterocycles. The molecule has 2 aliphatic rings. The van der Waals surface area contributed by atoms with Crippen molar-refractivity contribution in [1.29, 1.82) is 0 Å². The molecule has 0 bridgehead atoms. The van der Waals surface area contributed by atoms with E-state index in [0.717, 1.165) is 25.2 Å². The van der Waals surface area contributed by atoms with E-state index in [9.17, 15) is 5.21 Å². The second-order valence-corrected chi connectivity index (χ2v) is 11.3. The number of hydroxylamine groups is 2. The predicted octanol–water partition coefficient (Wildman–Crippen LogP) is 7.65. The lowest BCUT2D eigenvalue weighted by Crippen LogP contribution is -2.58. The van der Waals surface area contributed by atoms with E-state index in [4.69, 9.17) is 4.74 Å². The zero-order chi connectivity index (χ0) is 22.9. The average Bonchev–Trinajstić information content (AvgIpc) is 2.78. The quantitative estimate of drug-likeness (QED) is 0.523. The number of rotatable bonds is 5. The van der Waals surface area contributed by atoms with E-state index in [1.165, 1.54) is 42.4 Å². The Bertz CT molecular complexity index is 858. The highest BCUT2D eigenvalue weighted by molar-refractivity contribution is 5.32. The summed E-state index contributed by atoms with van der Waals surface area (Å²) in [5, 5.41) is 12.2. The van der Waals surface area contributed by atoms with E-state index < -0.39 is 0 Å². The first-order chi connectivity index (χ1) is 15.2. The number of hydrogen-bond donors (Lipinski definition) is 1. The smallest absolute Gasteiger partial charge is 0.119 e. The van der Waals surface area contributed by atoms with Crippen LogP contribution in [0.3, 0.4) is 0 Å². The van der Waals surface area contributed by atoms with Gasteiger partial charge in [0, 0.05) is 11.1 Å². The van der Waals surface area contributed by atoms with Gasteiger partial charge in [-0.2, -0.15) is 5.06 Å². The van der Waals surface area contributed by atoms with Gasteiger partial charge in [-0.15, -0.1) is 0 Å². The molecule has 1 heterocycles. The normalized spacial score (nSPS) is 26.1. The average molecular weight is 436 g/mol. The van der Waals surface area contributed by atoms with Crippen molar-refractivity contribution in [3.05, 3.63) is 65.2 Å². The van der Waals surface area contributed by atoms with E-state index in [1.807, 2.05) is 6.92 Å². The third-order valence-electron chi connectivity index (χ3n) is 7.91. The van der Waals surface area contributed by atoms with Crippen LogP contribution in [0.2, 0.25) is 0 Å². The van der Waals surface area contributed by atoms with Gasteiger partial charge in [0.25, 0.3) is 0 Å². The van der Waals surface area contributed by atoms with Crippen molar-refractivity contribution in [3.8, 4) is 5.75 Å². The van der Waals surface area contributed by atoms with Crippen LogP contribution in [-0.2, 0) is 0 Å². The molecule has 1 saturated carbocycles. The lowest BCUT2D eigenvalue weighted by atomic mass is 9.72. The number of nitrogens with zero attached hydrogens (tertiary/aromatic N) is 1. The fourth-order valence-electron chi connectivity index (χ4n) is 6.31. The van der Waals surface area contributed by atoms with E-state index in [1.54, 1.807) is 5.06 Å². The van der Waals surface area contributed by atoms with Gasteiger partial charge in [0.05, 0.1) is 6.61 Å². The summed E-state index contributed by atoms with van der Waals surface area (Å²) in [6, 6.07) is 18.2. The van der Waals surface area contributed by atoms with Crippen molar-refractivity contribution in [2.45, 2.75) is 102 Å². The molecule has 2 aromatic carbocycles. The first-order valence-corrected chi connectivity index (χ1v) is 12.5. The van der Waals surface area contributed by atoms with E-state index in [-0.39, 0.29) is 11.1 Å². The molecule has 1 aliphatic heterocycles. The highest BCUT2D eigenvalue weighted by Crippen LogP contribution is 2.45. The summed E-state index contributed by atoms with van der Waals surface area (Å²) in [4.78, 5) is 0. The maximum absolute atomic E-state index is 10.6. The zero-order valence-corrected chi connectivity index (χ0v) is 20.6. The van der Waals surface area contributed by atoms with Crippen LogP contribution in [0.5, 0.6) is 5.75 Å². The van der Waals surface area contributed by atoms with Crippen molar-refractivity contribution < 1.29 is 9.94 Å². The van der Waals surface area contributed by atoms with Gasteiger partial charge in [0.2, 0.25) is 0 Å². The summed E-state index contributed by atoms with van der Waals surface area (Å²) >= 11 is 0.